The van der Waals surface area contributed by atoms with Gasteiger partial charge in [0, 0.05) is 16.8 Å². The summed E-state index contributed by atoms with van der Waals surface area (Å²) in [6, 6.07) is 10.9. The number of hydrogen-bond donors (Lipinski definition) is 1. The van der Waals surface area contributed by atoms with Crippen LogP contribution in [-0.4, -0.2) is 21.8 Å². The average molecular weight is 331 g/mol. The lowest BCUT2D eigenvalue weighted by Crippen LogP contribution is -2.38. The van der Waals surface area contributed by atoms with E-state index in [0.29, 0.717) is 5.02 Å². The molecule has 1 fully saturated rings. The van der Waals surface area contributed by atoms with Gasteiger partial charge in [-0.25, -0.2) is 0 Å². The lowest BCUT2D eigenvalue weighted by Gasteiger charge is -2.30. The van der Waals surface area contributed by atoms with E-state index in [1.165, 1.54) is 0 Å². The van der Waals surface area contributed by atoms with Crippen LogP contribution in [0.4, 0.5) is 0 Å². The van der Waals surface area contributed by atoms with Crippen LogP contribution in [0, 0.1) is 6.92 Å². The molecule has 23 heavy (non-hydrogen) atoms. The van der Waals surface area contributed by atoms with E-state index in [0.717, 1.165) is 24.1 Å². The number of carbonyl (C=O) groups excluding carboxylic acids is 1. The molecule has 1 amide bonds. The molecule has 4 nitrogen and oxygen atoms in total. The first kappa shape index (κ1) is 15.8. The highest BCUT2D eigenvalue weighted by Crippen LogP contribution is 2.37. The Morgan fingerprint density at radius 3 is 2.57 bits per heavy atom. The van der Waals surface area contributed by atoms with Crippen molar-refractivity contribution in [1.82, 2.24) is 9.88 Å². The Hall–Kier alpha value is -2.07. The van der Waals surface area contributed by atoms with Crippen molar-refractivity contribution in [3.63, 3.8) is 0 Å². The topological polar surface area (TPSA) is 53.2 Å². The molecule has 0 aliphatic heterocycles. The van der Waals surface area contributed by atoms with Crippen LogP contribution >= 0.6 is 11.6 Å². The van der Waals surface area contributed by atoms with Crippen molar-refractivity contribution in [2.45, 2.75) is 38.8 Å². The number of rotatable bonds is 4. The van der Waals surface area contributed by atoms with Gasteiger partial charge >= 0.3 is 0 Å². The zero-order chi connectivity index (χ0) is 16.6. The summed E-state index contributed by atoms with van der Waals surface area (Å²) in [5, 5.41) is 0.635. The fourth-order valence-electron chi connectivity index (χ4n) is 2.85. The van der Waals surface area contributed by atoms with Crippen LogP contribution < -0.4 is 5.56 Å². The third-order valence-electron chi connectivity index (χ3n) is 4.23. The van der Waals surface area contributed by atoms with Gasteiger partial charge in [0.2, 0.25) is 0 Å². The summed E-state index contributed by atoms with van der Waals surface area (Å²) in [6.07, 6.45) is 1.93. The van der Waals surface area contributed by atoms with Gasteiger partial charge in [0.1, 0.15) is 5.56 Å². The zero-order valence-electron chi connectivity index (χ0n) is 13.2. The van der Waals surface area contributed by atoms with Crippen molar-refractivity contribution < 1.29 is 4.79 Å². The zero-order valence-corrected chi connectivity index (χ0v) is 13.9. The summed E-state index contributed by atoms with van der Waals surface area (Å²) in [6.45, 7) is 3.75. The summed E-state index contributed by atoms with van der Waals surface area (Å²) in [4.78, 5) is 29.6. The lowest BCUT2D eigenvalue weighted by atomic mass is 10.1. The smallest absolute Gasteiger partial charge is 0.260 e. The standard InChI is InChI=1S/C18H19ClN2O2/c1-11-7-10-15(17(22)20-11)18(23)21(13-8-9-13)12(2)14-5-3-4-6-16(14)19/h3-7,10,12-13H,8-9H2,1-2H3,(H,20,22)/t12-/m1/s1. The van der Waals surface area contributed by atoms with Crippen LogP contribution in [0.2, 0.25) is 5.02 Å². The fourth-order valence-corrected chi connectivity index (χ4v) is 3.15. The third-order valence-corrected chi connectivity index (χ3v) is 4.58. The molecule has 0 saturated heterocycles. The molecule has 5 heteroatoms. The van der Waals surface area contributed by atoms with Crippen molar-refractivity contribution in [3.05, 3.63) is 68.6 Å². The van der Waals surface area contributed by atoms with Gasteiger partial charge in [0.25, 0.3) is 11.5 Å². The minimum absolute atomic E-state index is 0.175. The molecule has 2 aromatic rings. The second-order valence-corrected chi connectivity index (χ2v) is 6.43. The second kappa shape index (κ2) is 6.20. The number of nitrogens with one attached hydrogen (secondary N) is 1. The van der Waals surface area contributed by atoms with Gasteiger partial charge in [-0.15, -0.1) is 0 Å². The first-order valence-corrected chi connectivity index (χ1v) is 8.14. The first-order chi connectivity index (χ1) is 11.0. The molecule has 1 saturated carbocycles. The SMILES string of the molecule is Cc1ccc(C(=O)N(C2CC2)[C@H](C)c2ccccc2Cl)c(=O)[nH]1. The first-order valence-electron chi connectivity index (χ1n) is 7.76. The number of H-pyrrole nitrogens is 1. The Labute approximate surface area is 140 Å². The molecule has 0 unspecified atom stereocenters. The second-order valence-electron chi connectivity index (χ2n) is 6.03. The number of halogens is 1. The summed E-state index contributed by atoms with van der Waals surface area (Å²) in [5.41, 5.74) is 1.48. The van der Waals surface area contributed by atoms with E-state index >= 15 is 0 Å². The molecular formula is C18H19ClN2O2. The number of benzene rings is 1. The van der Waals surface area contributed by atoms with E-state index < -0.39 is 0 Å². The molecule has 1 aromatic heterocycles. The van der Waals surface area contributed by atoms with E-state index in [-0.39, 0.29) is 29.1 Å². The lowest BCUT2D eigenvalue weighted by molar-refractivity contribution is 0.0672. The van der Waals surface area contributed by atoms with Crippen LogP contribution in [-0.2, 0) is 0 Å². The van der Waals surface area contributed by atoms with Crippen molar-refractivity contribution in [3.8, 4) is 0 Å². The molecule has 1 aromatic carbocycles. The number of aromatic nitrogens is 1. The van der Waals surface area contributed by atoms with Crippen LogP contribution in [0.3, 0.4) is 0 Å². The number of pyridine rings is 1. The Kier molecular flexibility index (Phi) is 4.26. The van der Waals surface area contributed by atoms with Crippen LogP contribution in [0.1, 0.15) is 47.4 Å². The van der Waals surface area contributed by atoms with Gasteiger partial charge in [-0.2, -0.15) is 0 Å². The number of nitrogens with zero attached hydrogens (tertiary/aromatic N) is 1. The monoisotopic (exact) mass is 330 g/mol. The van der Waals surface area contributed by atoms with Crippen LogP contribution in [0.25, 0.3) is 0 Å². The molecule has 120 valence electrons. The van der Waals surface area contributed by atoms with Crippen molar-refractivity contribution in [2.75, 3.05) is 0 Å². The van der Waals surface area contributed by atoms with E-state index in [1.807, 2.05) is 31.2 Å². The Morgan fingerprint density at radius 2 is 1.96 bits per heavy atom. The maximum Gasteiger partial charge on any atom is 0.260 e. The Morgan fingerprint density at radius 1 is 1.26 bits per heavy atom. The predicted octanol–water partition coefficient (Wildman–Crippen LogP) is 3.70. The molecule has 1 aliphatic rings. The third kappa shape index (κ3) is 3.17. The van der Waals surface area contributed by atoms with E-state index in [4.69, 9.17) is 11.6 Å². The number of aromatic amines is 1. The molecule has 0 bridgehead atoms. The van der Waals surface area contributed by atoms with Crippen LogP contribution in [0.15, 0.2) is 41.2 Å². The highest BCUT2D eigenvalue weighted by molar-refractivity contribution is 6.31. The summed E-state index contributed by atoms with van der Waals surface area (Å²) < 4.78 is 0. The molecule has 1 aliphatic carbocycles. The minimum Gasteiger partial charge on any atom is -0.329 e. The minimum atomic E-state index is -0.341. The van der Waals surface area contributed by atoms with Gasteiger partial charge < -0.3 is 9.88 Å². The highest BCUT2D eigenvalue weighted by Gasteiger charge is 2.37. The fraction of sp³-hybridized carbons (Fsp3) is 0.333. The highest BCUT2D eigenvalue weighted by atomic mass is 35.5. The Bertz CT molecular complexity index is 796. The molecular weight excluding hydrogens is 312 g/mol. The number of aryl methyl sites for hydroxylation is 1. The molecule has 1 atom stereocenters. The van der Waals surface area contributed by atoms with Crippen molar-refractivity contribution in [1.29, 1.82) is 0 Å². The summed E-state index contributed by atoms with van der Waals surface area (Å²) >= 11 is 6.29. The predicted molar refractivity (Wildman–Crippen MR) is 90.9 cm³/mol. The van der Waals surface area contributed by atoms with Crippen molar-refractivity contribution >= 4 is 17.5 Å². The molecule has 1 heterocycles. The largest absolute Gasteiger partial charge is 0.329 e. The summed E-state index contributed by atoms with van der Waals surface area (Å²) in [7, 11) is 0. The normalized spacial score (nSPS) is 15.3. The summed E-state index contributed by atoms with van der Waals surface area (Å²) in [5.74, 6) is -0.235. The van der Waals surface area contributed by atoms with E-state index in [2.05, 4.69) is 4.98 Å². The molecule has 1 N–H and O–H groups in total. The number of hydrogen-bond acceptors (Lipinski definition) is 2. The van der Waals surface area contributed by atoms with Gasteiger partial charge in [0.15, 0.2) is 0 Å². The van der Waals surface area contributed by atoms with Crippen molar-refractivity contribution in [2.24, 2.45) is 0 Å². The quantitative estimate of drug-likeness (QED) is 0.929. The Balaban J connectivity index is 1.97. The number of amides is 1. The van der Waals surface area contributed by atoms with Gasteiger partial charge in [-0.05, 0) is 50.5 Å². The molecule has 3 rings (SSSR count). The average Bonchev–Trinajstić information content (AvgIpc) is 3.32. The van der Waals surface area contributed by atoms with E-state index in [9.17, 15) is 9.59 Å². The maximum atomic E-state index is 12.9. The number of carbonyl (C=O) groups is 1. The van der Waals surface area contributed by atoms with Gasteiger partial charge in [0.05, 0.1) is 6.04 Å². The van der Waals surface area contributed by atoms with Crippen LogP contribution in [0.5, 0.6) is 0 Å². The molecule has 0 radical (unpaired) electrons. The molecule has 0 spiro atoms. The maximum absolute atomic E-state index is 12.9. The van der Waals surface area contributed by atoms with Gasteiger partial charge in [-0.3, -0.25) is 9.59 Å². The van der Waals surface area contributed by atoms with E-state index in [1.54, 1.807) is 24.0 Å². The van der Waals surface area contributed by atoms with Gasteiger partial charge in [-0.1, -0.05) is 29.8 Å².